The second kappa shape index (κ2) is 5.54. The van der Waals surface area contributed by atoms with Crippen molar-refractivity contribution in [3.8, 4) is 0 Å². The van der Waals surface area contributed by atoms with Gasteiger partial charge in [0.1, 0.15) is 5.60 Å². The molecule has 1 atom stereocenters. The van der Waals surface area contributed by atoms with Gasteiger partial charge in [-0.25, -0.2) is 0 Å². The van der Waals surface area contributed by atoms with Crippen molar-refractivity contribution in [1.82, 2.24) is 5.32 Å². The van der Waals surface area contributed by atoms with E-state index in [1.807, 2.05) is 25.1 Å². The first kappa shape index (κ1) is 15.0. The van der Waals surface area contributed by atoms with Gasteiger partial charge in [-0.2, -0.15) is 0 Å². The van der Waals surface area contributed by atoms with Crippen molar-refractivity contribution in [3.63, 3.8) is 0 Å². The summed E-state index contributed by atoms with van der Waals surface area (Å²) in [5.74, 6) is -0.0527. The van der Waals surface area contributed by atoms with Gasteiger partial charge in [-0.05, 0) is 32.3 Å². The van der Waals surface area contributed by atoms with Gasteiger partial charge in [-0.3, -0.25) is 4.79 Å². The van der Waals surface area contributed by atoms with E-state index in [-0.39, 0.29) is 19.1 Å². The lowest BCUT2D eigenvalue weighted by Crippen LogP contribution is -2.53. The molecule has 0 spiro atoms. The highest BCUT2D eigenvalue weighted by atomic mass is 16.3. The lowest BCUT2D eigenvalue weighted by atomic mass is 9.63. The van der Waals surface area contributed by atoms with Crippen LogP contribution in [-0.4, -0.2) is 34.9 Å². The maximum absolute atomic E-state index is 12.5. The van der Waals surface area contributed by atoms with Crippen LogP contribution in [0.5, 0.6) is 0 Å². The van der Waals surface area contributed by atoms with Gasteiger partial charge < -0.3 is 15.5 Å². The van der Waals surface area contributed by atoms with E-state index in [4.69, 9.17) is 5.11 Å². The lowest BCUT2D eigenvalue weighted by molar-refractivity contribution is -0.131. The molecule has 20 heavy (non-hydrogen) atoms. The van der Waals surface area contributed by atoms with E-state index in [0.717, 1.165) is 30.4 Å². The minimum atomic E-state index is -1.27. The molecule has 1 aromatic rings. The predicted molar refractivity (Wildman–Crippen MR) is 77.4 cm³/mol. The van der Waals surface area contributed by atoms with Crippen molar-refractivity contribution in [1.29, 1.82) is 0 Å². The SMILES string of the molecule is Cc1cccc(C2(C(=O)NCC(C)(O)CO)CCC2)c1. The molecule has 1 saturated carbocycles. The van der Waals surface area contributed by atoms with Gasteiger partial charge in [0.05, 0.1) is 12.0 Å². The normalized spacial score (nSPS) is 19.8. The number of hydrogen-bond donors (Lipinski definition) is 3. The first-order valence-corrected chi connectivity index (χ1v) is 7.08. The molecule has 0 aliphatic heterocycles. The molecule has 2 rings (SSSR count). The fourth-order valence-corrected chi connectivity index (χ4v) is 2.62. The number of rotatable bonds is 5. The number of nitrogens with one attached hydrogen (secondary N) is 1. The molecule has 1 aliphatic rings. The van der Waals surface area contributed by atoms with Crippen molar-refractivity contribution < 1.29 is 15.0 Å². The van der Waals surface area contributed by atoms with Crippen LogP contribution in [0, 0.1) is 6.92 Å². The Kier molecular flexibility index (Phi) is 4.16. The summed E-state index contributed by atoms with van der Waals surface area (Å²) in [6, 6.07) is 8.05. The van der Waals surface area contributed by atoms with Crippen molar-refractivity contribution in [2.45, 2.75) is 44.1 Å². The first-order valence-electron chi connectivity index (χ1n) is 7.08. The van der Waals surface area contributed by atoms with E-state index in [2.05, 4.69) is 11.4 Å². The maximum Gasteiger partial charge on any atom is 0.230 e. The minimum Gasteiger partial charge on any atom is -0.393 e. The Labute approximate surface area is 119 Å². The average molecular weight is 277 g/mol. The molecule has 0 radical (unpaired) electrons. The molecule has 0 heterocycles. The zero-order valence-electron chi connectivity index (χ0n) is 12.1. The van der Waals surface area contributed by atoms with E-state index in [1.165, 1.54) is 6.92 Å². The topological polar surface area (TPSA) is 69.6 Å². The van der Waals surface area contributed by atoms with Gasteiger partial charge >= 0.3 is 0 Å². The molecule has 1 aliphatic carbocycles. The summed E-state index contributed by atoms with van der Waals surface area (Å²) in [6.45, 7) is 3.22. The van der Waals surface area contributed by atoms with Crippen molar-refractivity contribution in [3.05, 3.63) is 35.4 Å². The van der Waals surface area contributed by atoms with Gasteiger partial charge in [0.15, 0.2) is 0 Å². The van der Waals surface area contributed by atoms with Gasteiger partial charge in [0.2, 0.25) is 5.91 Å². The molecule has 1 aromatic carbocycles. The molecule has 1 amide bonds. The monoisotopic (exact) mass is 277 g/mol. The number of carbonyl (C=O) groups excluding carboxylic acids is 1. The van der Waals surface area contributed by atoms with Crippen LogP contribution in [0.2, 0.25) is 0 Å². The van der Waals surface area contributed by atoms with Crippen molar-refractivity contribution in [2.24, 2.45) is 0 Å². The molecule has 0 aromatic heterocycles. The second-order valence-corrected chi connectivity index (χ2v) is 6.14. The van der Waals surface area contributed by atoms with Crippen LogP contribution in [0.3, 0.4) is 0 Å². The Hall–Kier alpha value is -1.39. The number of amides is 1. The Bertz CT molecular complexity index is 492. The van der Waals surface area contributed by atoms with Crippen LogP contribution in [0.25, 0.3) is 0 Å². The summed E-state index contributed by atoms with van der Waals surface area (Å²) in [4.78, 5) is 12.5. The van der Waals surface area contributed by atoms with Gasteiger partial charge in [-0.15, -0.1) is 0 Å². The number of aryl methyl sites for hydroxylation is 1. The highest BCUT2D eigenvalue weighted by Crippen LogP contribution is 2.44. The molecule has 4 heteroatoms. The molecular formula is C16H23NO3. The van der Waals surface area contributed by atoms with E-state index < -0.39 is 11.0 Å². The van der Waals surface area contributed by atoms with E-state index in [0.29, 0.717) is 0 Å². The molecule has 1 fully saturated rings. The summed E-state index contributed by atoms with van der Waals surface area (Å²) in [6.07, 6.45) is 2.71. The molecule has 0 saturated heterocycles. The van der Waals surface area contributed by atoms with Crippen LogP contribution in [0.1, 0.15) is 37.3 Å². The van der Waals surface area contributed by atoms with Crippen molar-refractivity contribution in [2.75, 3.05) is 13.2 Å². The molecular weight excluding hydrogens is 254 g/mol. The van der Waals surface area contributed by atoms with Crippen LogP contribution >= 0.6 is 0 Å². The molecule has 1 unspecified atom stereocenters. The third kappa shape index (κ3) is 2.86. The largest absolute Gasteiger partial charge is 0.393 e. The first-order chi connectivity index (χ1) is 9.39. The second-order valence-electron chi connectivity index (χ2n) is 6.14. The quantitative estimate of drug-likeness (QED) is 0.759. The van der Waals surface area contributed by atoms with Crippen LogP contribution in [-0.2, 0) is 10.2 Å². The highest BCUT2D eigenvalue weighted by molar-refractivity contribution is 5.89. The Morgan fingerprint density at radius 1 is 1.45 bits per heavy atom. The third-order valence-electron chi connectivity index (χ3n) is 4.18. The van der Waals surface area contributed by atoms with E-state index in [9.17, 15) is 9.90 Å². The summed E-state index contributed by atoms with van der Waals surface area (Å²) in [7, 11) is 0. The van der Waals surface area contributed by atoms with E-state index >= 15 is 0 Å². The smallest absolute Gasteiger partial charge is 0.230 e. The number of hydrogen-bond acceptors (Lipinski definition) is 3. The summed E-state index contributed by atoms with van der Waals surface area (Å²) in [5, 5.41) is 21.6. The third-order valence-corrected chi connectivity index (χ3v) is 4.18. The van der Waals surface area contributed by atoms with Crippen LogP contribution < -0.4 is 5.32 Å². The number of aliphatic hydroxyl groups excluding tert-OH is 1. The van der Waals surface area contributed by atoms with Gasteiger partial charge in [0.25, 0.3) is 0 Å². The van der Waals surface area contributed by atoms with Crippen LogP contribution in [0.4, 0.5) is 0 Å². The van der Waals surface area contributed by atoms with Crippen LogP contribution in [0.15, 0.2) is 24.3 Å². The zero-order valence-corrected chi connectivity index (χ0v) is 12.1. The number of aliphatic hydroxyl groups is 2. The molecule has 4 nitrogen and oxygen atoms in total. The van der Waals surface area contributed by atoms with Gasteiger partial charge in [-0.1, -0.05) is 36.2 Å². The average Bonchev–Trinajstić information content (AvgIpc) is 2.35. The van der Waals surface area contributed by atoms with Crippen molar-refractivity contribution >= 4 is 5.91 Å². The zero-order chi connectivity index (χ0) is 14.8. The Balaban J connectivity index is 2.13. The summed E-state index contributed by atoms with van der Waals surface area (Å²) >= 11 is 0. The fraction of sp³-hybridized carbons (Fsp3) is 0.562. The number of carbonyl (C=O) groups is 1. The summed E-state index contributed by atoms with van der Waals surface area (Å²) < 4.78 is 0. The molecule has 110 valence electrons. The molecule has 3 N–H and O–H groups in total. The fourth-order valence-electron chi connectivity index (χ4n) is 2.62. The highest BCUT2D eigenvalue weighted by Gasteiger charge is 2.45. The minimum absolute atomic E-state index is 0.0527. The Morgan fingerprint density at radius 2 is 2.15 bits per heavy atom. The maximum atomic E-state index is 12.5. The number of benzene rings is 1. The summed E-state index contributed by atoms with van der Waals surface area (Å²) in [5.41, 5.74) is 0.457. The standard InChI is InChI=1S/C16H23NO3/c1-12-5-3-6-13(9-12)16(7-4-8-16)14(19)17-10-15(2,20)11-18/h3,5-6,9,18,20H,4,7-8,10-11H2,1-2H3,(H,17,19). The molecule has 0 bridgehead atoms. The van der Waals surface area contributed by atoms with Gasteiger partial charge in [0, 0.05) is 6.54 Å². The Morgan fingerprint density at radius 3 is 2.65 bits per heavy atom. The lowest BCUT2D eigenvalue weighted by Gasteiger charge is -2.41. The van der Waals surface area contributed by atoms with E-state index in [1.54, 1.807) is 0 Å². The predicted octanol–water partition coefficient (Wildman–Crippen LogP) is 1.28.